The number of rotatable bonds is 1. The first-order valence-corrected chi connectivity index (χ1v) is 11.2. The van der Waals surface area contributed by atoms with Gasteiger partial charge in [-0.2, -0.15) is 0 Å². The molecule has 0 atom stereocenters. The van der Waals surface area contributed by atoms with E-state index >= 15 is 0 Å². The first-order chi connectivity index (χ1) is 12.9. The minimum Gasteiger partial charge on any atom is -0.411 e. The van der Waals surface area contributed by atoms with Crippen LogP contribution in [0.15, 0.2) is 64.4 Å². The lowest BCUT2D eigenvalue weighted by Crippen LogP contribution is -2.17. The first kappa shape index (κ1) is 18.2. The van der Waals surface area contributed by atoms with E-state index in [-0.39, 0.29) is 0 Å². The van der Waals surface area contributed by atoms with Crippen LogP contribution >= 0.6 is 19.4 Å². The molecular weight excluding hydrogens is 375 g/mol. The molecule has 1 aliphatic rings. The topological polar surface area (TPSA) is 35.5 Å². The molecule has 0 saturated heterocycles. The van der Waals surface area contributed by atoms with Crippen LogP contribution in [0.2, 0.25) is 0 Å². The molecule has 3 nitrogen and oxygen atoms in total. The molecule has 27 heavy (non-hydrogen) atoms. The van der Waals surface area contributed by atoms with E-state index in [0.717, 1.165) is 32.0 Å². The molecule has 1 heterocycles. The monoisotopic (exact) mass is 396 g/mol. The maximum atomic E-state index is 14.0. The highest BCUT2D eigenvalue weighted by Crippen LogP contribution is 2.56. The number of fused-ring (bicyclic) bond motifs is 2. The molecule has 0 unspecified atom stereocenters. The fourth-order valence-corrected chi connectivity index (χ4v) is 6.50. The number of aryl methyl sites for hydroxylation is 4. The summed E-state index contributed by atoms with van der Waals surface area (Å²) in [6.07, 6.45) is 0. The van der Waals surface area contributed by atoms with Crippen molar-refractivity contribution in [3.63, 3.8) is 0 Å². The van der Waals surface area contributed by atoms with Gasteiger partial charge in [0.1, 0.15) is 11.5 Å². The molecule has 5 heteroatoms. The van der Waals surface area contributed by atoms with E-state index < -0.39 is 7.60 Å². The van der Waals surface area contributed by atoms with Gasteiger partial charge in [0.2, 0.25) is 0 Å². The van der Waals surface area contributed by atoms with Gasteiger partial charge in [-0.3, -0.25) is 0 Å². The van der Waals surface area contributed by atoms with Crippen molar-refractivity contribution in [2.75, 3.05) is 0 Å². The third kappa shape index (κ3) is 3.40. The van der Waals surface area contributed by atoms with E-state index in [0.29, 0.717) is 16.8 Å². The van der Waals surface area contributed by atoms with Crippen LogP contribution in [0.1, 0.15) is 22.3 Å². The summed E-state index contributed by atoms with van der Waals surface area (Å²) in [6.45, 7) is 8.07. The van der Waals surface area contributed by atoms with Crippen LogP contribution in [0.5, 0.6) is 11.5 Å². The molecule has 138 valence electrons. The van der Waals surface area contributed by atoms with E-state index in [4.69, 9.17) is 9.05 Å². The fourth-order valence-electron chi connectivity index (χ4n) is 3.31. The Hall–Kier alpha value is -2.16. The Morgan fingerprint density at radius 3 is 1.70 bits per heavy atom. The standard InChI is InChI=1S/C22H21O3PS/c1-14-10-16(3)21-19(12-14)27-20-13-15(2)11-17(4)22(20)25-26(23,24-21)18-8-6-5-7-9-18/h5-13H,1-4H3. The minimum absolute atomic E-state index is 0.550. The average molecular weight is 396 g/mol. The predicted molar refractivity (Wildman–Crippen MR) is 111 cm³/mol. The van der Waals surface area contributed by atoms with Gasteiger partial charge in [-0.1, -0.05) is 42.1 Å². The van der Waals surface area contributed by atoms with E-state index in [1.165, 1.54) is 0 Å². The molecule has 0 aromatic heterocycles. The molecule has 1 aliphatic heterocycles. The van der Waals surface area contributed by atoms with Gasteiger partial charge in [0.15, 0.2) is 0 Å². The Kier molecular flexibility index (Phi) is 4.57. The lowest BCUT2D eigenvalue weighted by Gasteiger charge is -2.27. The molecule has 0 spiro atoms. The molecule has 0 bridgehead atoms. The van der Waals surface area contributed by atoms with Crippen LogP contribution < -0.4 is 14.4 Å². The molecule has 3 aromatic rings. The summed E-state index contributed by atoms with van der Waals surface area (Å²) in [5, 5.41) is 0.550. The van der Waals surface area contributed by atoms with Gasteiger partial charge >= 0.3 is 7.60 Å². The van der Waals surface area contributed by atoms with E-state index in [2.05, 4.69) is 26.0 Å². The Morgan fingerprint density at radius 1 is 0.741 bits per heavy atom. The van der Waals surface area contributed by atoms with Gasteiger partial charge in [0, 0.05) is 0 Å². The zero-order valence-corrected chi connectivity index (χ0v) is 17.5. The summed E-state index contributed by atoms with van der Waals surface area (Å²) in [5.74, 6) is 1.25. The zero-order chi connectivity index (χ0) is 19.2. The summed E-state index contributed by atoms with van der Waals surface area (Å²) in [6, 6.07) is 17.4. The smallest absolute Gasteiger partial charge is 0.411 e. The molecule has 3 aromatic carbocycles. The SMILES string of the molecule is Cc1cc(C)c2c(c1)Sc1cc(C)cc(C)c1OP(=O)(c1ccccc1)O2. The second kappa shape index (κ2) is 6.78. The second-order valence-corrected chi connectivity index (χ2v) is 9.90. The number of hydrogen-bond donors (Lipinski definition) is 0. The normalized spacial score (nSPS) is 14.8. The van der Waals surface area contributed by atoms with E-state index in [9.17, 15) is 4.57 Å². The lowest BCUT2D eigenvalue weighted by atomic mass is 10.1. The average Bonchev–Trinajstić information content (AvgIpc) is 2.60. The summed E-state index contributed by atoms with van der Waals surface area (Å²) >= 11 is 1.60. The Bertz CT molecular complexity index is 1010. The largest absolute Gasteiger partial charge is 0.462 e. The van der Waals surface area contributed by atoms with Gasteiger partial charge in [-0.15, -0.1) is 0 Å². The molecule has 0 saturated carbocycles. The van der Waals surface area contributed by atoms with Crippen LogP contribution in [-0.2, 0) is 4.57 Å². The van der Waals surface area contributed by atoms with Crippen LogP contribution in [0.3, 0.4) is 0 Å². The first-order valence-electron chi connectivity index (χ1n) is 8.81. The third-order valence-corrected chi connectivity index (χ3v) is 7.31. The Labute approximate surface area is 164 Å². The van der Waals surface area contributed by atoms with Crippen LogP contribution in [-0.4, -0.2) is 0 Å². The van der Waals surface area contributed by atoms with Crippen molar-refractivity contribution in [1.82, 2.24) is 0 Å². The van der Waals surface area contributed by atoms with Crippen molar-refractivity contribution in [1.29, 1.82) is 0 Å². The van der Waals surface area contributed by atoms with Crippen molar-refractivity contribution in [3.05, 3.63) is 76.9 Å². The molecule has 0 radical (unpaired) electrons. The minimum atomic E-state index is -3.60. The third-order valence-electron chi connectivity index (χ3n) is 4.49. The van der Waals surface area contributed by atoms with Gasteiger partial charge in [-0.05, 0) is 74.2 Å². The molecular formula is C22H21O3PS. The van der Waals surface area contributed by atoms with Gasteiger partial charge < -0.3 is 9.05 Å². The Morgan fingerprint density at radius 2 is 1.22 bits per heavy atom. The van der Waals surface area contributed by atoms with Crippen molar-refractivity contribution < 1.29 is 13.6 Å². The summed E-state index contributed by atoms with van der Waals surface area (Å²) in [5.41, 5.74) is 4.18. The molecule has 0 aliphatic carbocycles. The highest BCUT2D eigenvalue weighted by atomic mass is 32.2. The highest BCUT2D eigenvalue weighted by Gasteiger charge is 2.36. The van der Waals surface area contributed by atoms with E-state index in [1.54, 1.807) is 23.9 Å². The van der Waals surface area contributed by atoms with Crippen LogP contribution in [0.4, 0.5) is 0 Å². The predicted octanol–water partition coefficient (Wildman–Crippen LogP) is 6.36. The van der Waals surface area contributed by atoms with Crippen molar-refractivity contribution in [2.45, 2.75) is 37.5 Å². The molecule has 0 N–H and O–H groups in total. The second-order valence-electron chi connectivity index (χ2n) is 6.94. The lowest BCUT2D eigenvalue weighted by molar-refractivity contribution is 0.388. The molecule has 4 rings (SSSR count). The van der Waals surface area contributed by atoms with Crippen molar-refractivity contribution in [3.8, 4) is 11.5 Å². The van der Waals surface area contributed by atoms with Crippen molar-refractivity contribution >= 4 is 24.7 Å². The quantitative estimate of drug-likeness (QED) is 0.448. The molecule has 0 amide bonds. The maximum Gasteiger partial charge on any atom is 0.462 e. The van der Waals surface area contributed by atoms with E-state index in [1.807, 2.05) is 44.2 Å². The number of hydrogen-bond acceptors (Lipinski definition) is 4. The van der Waals surface area contributed by atoms with Crippen molar-refractivity contribution in [2.24, 2.45) is 0 Å². The fraction of sp³-hybridized carbons (Fsp3) is 0.182. The number of benzene rings is 3. The highest BCUT2D eigenvalue weighted by molar-refractivity contribution is 7.99. The van der Waals surface area contributed by atoms with Crippen LogP contribution in [0.25, 0.3) is 0 Å². The molecule has 0 fully saturated rings. The van der Waals surface area contributed by atoms with Gasteiger partial charge in [0.25, 0.3) is 0 Å². The zero-order valence-electron chi connectivity index (χ0n) is 15.8. The summed E-state index contributed by atoms with van der Waals surface area (Å²) in [4.78, 5) is 1.91. The maximum absolute atomic E-state index is 14.0. The van der Waals surface area contributed by atoms with Gasteiger partial charge in [-0.25, -0.2) is 4.57 Å². The van der Waals surface area contributed by atoms with Crippen LogP contribution in [0, 0.1) is 27.7 Å². The van der Waals surface area contributed by atoms with Gasteiger partial charge in [0.05, 0.1) is 15.1 Å². The Balaban J connectivity index is 2.00. The summed E-state index contributed by atoms with van der Waals surface area (Å²) in [7, 11) is -3.60. The summed E-state index contributed by atoms with van der Waals surface area (Å²) < 4.78 is 26.3.